The Balaban J connectivity index is 2.23. The van der Waals surface area contributed by atoms with Gasteiger partial charge >= 0.3 is 6.09 Å². The van der Waals surface area contributed by atoms with E-state index in [1.165, 1.54) is 0 Å². The Labute approximate surface area is 212 Å². The number of ether oxygens (including phenoxy) is 1. The number of benzene rings is 1. The zero-order chi connectivity index (χ0) is 26.3. The van der Waals surface area contributed by atoms with E-state index < -0.39 is 29.9 Å². The number of nitrogens with one attached hydrogen (secondary N) is 2. The van der Waals surface area contributed by atoms with E-state index >= 15 is 0 Å². The molecule has 35 heavy (non-hydrogen) atoms. The van der Waals surface area contributed by atoms with Crippen molar-refractivity contribution in [2.75, 3.05) is 0 Å². The first-order valence-corrected chi connectivity index (χ1v) is 13.1. The van der Waals surface area contributed by atoms with E-state index in [4.69, 9.17) is 4.74 Å². The smallest absolute Gasteiger partial charge is 0.407 e. The summed E-state index contributed by atoms with van der Waals surface area (Å²) in [6.45, 7) is 16.0. The van der Waals surface area contributed by atoms with Crippen molar-refractivity contribution in [2.45, 2.75) is 117 Å². The second kappa shape index (κ2) is 12.7. The molecule has 0 aromatic heterocycles. The lowest BCUT2D eigenvalue weighted by Gasteiger charge is -2.33. The number of rotatable bonds is 11. The maximum Gasteiger partial charge on any atom is 0.407 e. The van der Waals surface area contributed by atoms with Crippen LogP contribution in [0.1, 0.15) is 80.2 Å². The third-order valence-electron chi connectivity index (χ3n) is 6.43. The number of alkyl carbamates (subject to hydrolysis) is 1. The minimum absolute atomic E-state index is 0.0599. The maximum absolute atomic E-state index is 13.6. The number of carbonyl (C=O) groups is 2. The van der Waals surface area contributed by atoms with Crippen LogP contribution in [0.25, 0.3) is 0 Å². The first kappa shape index (κ1) is 29.1. The molecule has 7 heteroatoms. The SMILES string of the molecule is CC(C)CCC[C@H](C)N1C(=O)[C@H]([C@H](O)[C@H](Cc2ccccc2)NC(=O)OC(C)(C)C)NC1C(C)C. The van der Waals surface area contributed by atoms with Gasteiger partial charge in [0.25, 0.3) is 0 Å². The van der Waals surface area contributed by atoms with Crippen LogP contribution in [0.3, 0.4) is 0 Å². The molecular formula is C28H47N3O4. The number of aliphatic hydroxyl groups excluding tert-OH is 1. The van der Waals surface area contributed by atoms with E-state index in [0.29, 0.717) is 12.3 Å². The highest BCUT2D eigenvalue weighted by molar-refractivity contribution is 5.85. The van der Waals surface area contributed by atoms with Gasteiger partial charge < -0.3 is 20.1 Å². The van der Waals surface area contributed by atoms with Crippen LogP contribution in [0.15, 0.2) is 30.3 Å². The summed E-state index contributed by atoms with van der Waals surface area (Å²) in [5, 5.41) is 17.7. The number of carbonyl (C=O) groups excluding carboxylic acids is 2. The highest BCUT2D eigenvalue weighted by Gasteiger charge is 2.47. The van der Waals surface area contributed by atoms with E-state index in [9.17, 15) is 14.7 Å². The molecule has 0 spiro atoms. The van der Waals surface area contributed by atoms with Crippen molar-refractivity contribution in [3.05, 3.63) is 35.9 Å². The molecule has 0 bridgehead atoms. The Morgan fingerprint density at radius 2 is 1.74 bits per heavy atom. The Kier molecular flexibility index (Phi) is 10.6. The Morgan fingerprint density at radius 3 is 2.29 bits per heavy atom. The molecule has 2 amide bonds. The average Bonchev–Trinajstić information content (AvgIpc) is 3.09. The van der Waals surface area contributed by atoms with E-state index in [1.54, 1.807) is 20.8 Å². The summed E-state index contributed by atoms with van der Waals surface area (Å²) in [7, 11) is 0. The van der Waals surface area contributed by atoms with Gasteiger partial charge in [0, 0.05) is 6.04 Å². The molecule has 1 saturated heterocycles. The summed E-state index contributed by atoms with van der Waals surface area (Å²) in [4.78, 5) is 28.2. The van der Waals surface area contributed by atoms with Gasteiger partial charge in [0.2, 0.25) is 5.91 Å². The van der Waals surface area contributed by atoms with Crippen LogP contribution < -0.4 is 10.6 Å². The van der Waals surface area contributed by atoms with Crippen molar-refractivity contribution in [2.24, 2.45) is 11.8 Å². The fourth-order valence-corrected chi connectivity index (χ4v) is 4.66. The summed E-state index contributed by atoms with van der Waals surface area (Å²) < 4.78 is 5.45. The number of aliphatic hydroxyl groups is 1. The lowest BCUT2D eigenvalue weighted by atomic mass is 9.96. The molecule has 1 heterocycles. The van der Waals surface area contributed by atoms with E-state index in [2.05, 4.69) is 45.3 Å². The first-order valence-electron chi connectivity index (χ1n) is 13.1. The normalized spacial score (nSPS) is 21.3. The maximum atomic E-state index is 13.6. The van der Waals surface area contributed by atoms with Crippen LogP contribution in [0.2, 0.25) is 0 Å². The zero-order valence-electron chi connectivity index (χ0n) is 22.9. The lowest BCUT2D eigenvalue weighted by Crippen LogP contribution is -2.55. The molecule has 198 valence electrons. The van der Waals surface area contributed by atoms with Crippen molar-refractivity contribution < 1.29 is 19.4 Å². The van der Waals surface area contributed by atoms with Gasteiger partial charge in [-0.2, -0.15) is 0 Å². The quantitative estimate of drug-likeness (QED) is 0.426. The second-order valence-corrected chi connectivity index (χ2v) is 11.7. The summed E-state index contributed by atoms with van der Waals surface area (Å²) in [5.74, 6) is 0.690. The first-order chi connectivity index (χ1) is 16.3. The fraction of sp³-hybridized carbons (Fsp3) is 0.714. The fourth-order valence-electron chi connectivity index (χ4n) is 4.66. The van der Waals surface area contributed by atoms with Gasteiger partial charge in [0.1, 0.15) is 11.6 Å². The van der Waals surface area contributed by atoms with Crippen LogP contribution in [0.4, 0.5) is 4.79 Å². The third kappa shape index (κ3) is 8.80. The minimum Gasteiger partial charge on any atom is -0.444 e. The largest absolute Gasteiger partial charge is 0.444 e. The molecule has 1 unspecified atom stereocenters. The predicted octanol–water partition coefficient (Wildman–Crippen LogP) is 4.48. The number of nitrogens with zero attached hydrogens (tertiary/aromatic N) is 1. The van der Waals surface area contributed by atoms with E-state index in [-0.39, 0.29) is 24.0 Å². The molecule has 3 N–H and O–H groups in total. The molecule has 1 aliphatic heterocycles. The molecule has 5 atom stereocenters. The molecule has 1 aromatic carbocycles. The molecule has 1 fully saturated rings. The van der Waals surface area contributed by atoms with Crippen LogP contribution in [0.5, 0.6) is 0 Å². The number of amides is 2. The van der Waals surface area contributed by atoms with Crippen LogP contribution >= 0.6 is 0 Å². The molecular weight excluding hydrogens is 442 g/mol. The van der Waals surface area contributed by atoms with Crippen molar-refractivity contribution in [1.82, 2.24) is 15.5 Å². The van der Waals surface area contributed by atoms with Crippen LogP contribution in [-0.2, 0) is 16.0 Å². The second-order valence-electron chi connectivity index (χ2n) is 11.7. The summed E-state index contributed by atoms with van der Waals surface area (Å²) in [6.07, 6.45) is 1.57. The number of hydrogen-bond donors (Lipinski definition) is 3. The predicted molar refractivity (Wildman–Crippen MR) is 140 cm³/mol. The monoisotopic (exact) mass is 489 g/mol. The summed E-state index contributed by atoms with van der Waals surface area (Å²) in [6, 6.07) is 8.20. The van der Waals surface area contributed by atoms with Crippen molar-refractivity contribution in [3.63, 3.8) is 0 Å². The number of hydrogen-bond acceptors (Lipinski definition) is 5. The summed E-state index contributed by atoms with van der Waals surface area (Å²) in [5.41, 5.74) is 0.288. The van der Waals surface area contributed by atoms with E-state index in [0.717, 1.165) is 24.8 Å². The molecule has 0 saturated carbocycles. The molecule has 0 radical (unpaired) electrons. The molecule has 1 aliphatic rings. The van der Waals surface area contributed by atoms with Crippen molar-refractivity contribution in [3.8, 4) is 0 Å². The highest BCUT2D eigenvalue weighted by atomic mass is 16.6. The average molecular weight is 490 g/mol. The molecule has 1 aromatic rings. The topological polar surface area (TPSA) is 90.9 Å². The molecule has 2 rings (SSSR count). The summed E-state index contributed by atoms with van der Waals surface area (Å²) >= 11 is 0. The van der Waals surface area contributed by atoms with Gasteiger partial charge in [-0.15, -0.1) is 0 Å². The standard InChI is InChI=1S/C28H47N3O4/c1-18(2)13-12-14-20(5)31-25(19(3)4)30-23(26(31)33)24(32)22(17-21-15-10-9-11-16-21)29-27(34)35-28(6,7)8/h9-11,15-16,18-20,22-25,30,32H,12-14,17H2,1-8H3,(H,29,34)/t20-,22-,23-,24+,25?/m0/s1. The Morgan fingerprint density at radius 1 is 1.11 bits per heavy atom. The van der Waals surface area contributed by atoms with Crippen LogP contribution in [0, 0.1) is 11.8 Å². The highest BCUT2D eigenvalue weighted by Crippen LogP contribution is 2.26. The minimum atomic E-state index is -1.12. The van der Waals surface area contributed by atoms with Crippen molar-refractivity contribution >= 4 is 12.0 Å². The van der Waals surface area contributed by atoms with Gasteiger partial charge in [0.05, 0.1) is 18.3 Å². The van der Waals surface area contributed by atoms with Crippen LogP contribution in [-0.4, -0.2) is 58.0 Å². The van der Waals surface area contributed by atoms with Gasteiger partial charge in [-0.3, -0.25) is 10.1 Å². The van der Waals surface area contributed by atoms with Gasteiger partial charge in [-0.25, -0.2) is 4.79 Å². The third-order valence-corrected chi connectivity index (χ3v) is 6.43. The Hall–Kier alpha value is -2.12. The van der Waals surface area contributed by atoms with Gasteiger partial charge in [0.15, 0.2) is 0 Å². The van der Waals surface area contributed by atoms with Crippen molar-refractivity contribution in [1.29, 1.82) is 0 Å². The van der Waals surface area contributed by atoms with Gasteiger partial charge in [-0.1, -0.05) is 70.9 Å². The lowest BCUT2D eigenvalue weighted by molar-refractivity contribution is -0.134. The molecule has 7 nitrogen and oxygen atoms in total. The van der Waals surface area contributed by atoms with E-state index in [1.807, 2.05) is 35.2 Å². The molecule has 0 aliphatic carbocycles. The zero-order valence-corrected chi connectivity index (χ0v) is 22.9. The Bertz CT molecular complexity index is 806. The van der Waals surface area contributed by atoms with Gasteiger partial charge in [-0.05, 0) is 57.9 Å².